The van der Waals surface area contributed by atoms with Gasteiger partial charge in [0.25, 0.3) is 11.6 Å². The summed E-state index contributed by atoms with van der Waals surface area (Å²) in [6.45, 7) is 0.873. The Balaban J connectivity index is 1.49. The van der Waals surface area contributed by atoms with Crippen LogP contribution < -0.4 is 5.32 Å². The number of nitrogens with zero attached hydrogens (tertiary/aromatic N) is 6. The summed E-state index contributed by atoms with van der Waals surface area (Å²) in [7, 11) is 1.75. The van der Waals surface area contributed by atoms with Crippen LogP contribution in [-0.2, 0) is 20.1 Å². The van der Waals surface area contributed by atoms with Crippen molar-refractivity contribution in [3.05, 3.63) is 94.1 Å². The largest absolute Gasteiger partial charge is 0.348 e. The normalized spacial score (nSPS) is 10.8. The van der Waals surface area contributed by atoms with Gasteiger partial charge in [-0.1, -0.05) is 24.3 Å². The lowest BCUT2D eigenvalue weighted by molar-refractivity contribution is -0.387. The zero-order valence-corrected chi connectivity index (χ0v) is 17.9. The summed E-state index contributed by atoms with van der Waals surface area (Å²) in [4.78, 5) is 24.2. The summed E-state index contributed by atoms with van der Waals surface area (Å²) < 4.78 is 3.47. The van der Waals surface area contributed by atoms with Crippen molar-refractivity contribution in [1.29, 1.82) is 0 Å². The van der Waals surface area contributed by atoms with Crippen LogP contribution in [0.2, 0.25) is 0 Å². The lowest BCUT2D eigenvalue weighted by Crippen LogP contribution is -2.23. The average Bonchev–Trinajstić information content (AvgIpc) is 3.45. The third kappa shape index (κ3) is 4.83. The lowest BCUT2D eigenvalue weighted by atomic mass is 10.1. The highest BCUT2D eigenvalue weighted by Gasteiger charge is 2.20. The van der Waals surface area contributed by atoms with Crippen molar-refractivity contribution in [2.75, 3.05) is 0 Å². The molecule has 0 spiro atoms. The molecule has 0 fully saturated rings. The highest BCUT2D eigenvalue weighted by Crippen LogP contribution is 2.34. The summed E-state index contributed by atoms with van der Waals surface area (Å²) in [5.41, 5.74) is 2.02. The molecule has 0 bridgehead atoms. The van der Waals surface area contributed by atoms with E-state index >= 15 is 0 Å². The van der Waals surface area contributed by atoms with Crippen LogP contribution in [0.15, 0.2) is 77.3 Å². The van der Waals surface area contributed by atoms with Crippen molar-refractivity contribution in [2.45, 2.75) is 23.1 Å². The zero-order valence-electron chi connectivity index (χ0n) is 17.1. The number of nitrogens with one attached hydrogen (secondary N) is 1. The van der Waals surface area contributed by atoms with Gasteiger partial charge in [0.05, 0.1) is 16.4 Å². The molecule has 4 aromatic rings. The highest BCUT2D eigenvalue weighted by atomic mass is 32.2. The van der Waals surface area contributed by atoms with Gasteiger partial charge in [-0.25, -0.2) is 0 Å². The first-order valence-corrected chi connectivity index (χ1v) is 10.5. The molecule has 11 heteroatoms. The summed E-state index contributed by atoms with van der Waals surface area (Å²) in [5, 5.41) is 26.9. The Morgan fingerprint density at radius 1 is 1.19 bits per heavy atom. The van der Waals surface area contributed by atoms with Crippen molar-refractivity contribution < 1.29 is 9.72 Å². The van der Waals surface area contributed by atoms with Gasteiger partial charge in [0.15, 0.2) is 5.16 Å². The number of nitro benzene ring substituents is 1. The Morgan fingerprint density at radius 3 is 2.69 bits per heavy atom. The minimum Gasteiger partial charge on any atom is -0.348 e. The number of hydrogen-bond acceptors (Lipinski definition) is 7. The first-order valence-electron chi connectivity index (χ1n) is 9.64. The molecule has 2 heterocycles. The van der Waals surface area contributed by atoms with E-state index in [0.29, 0.717) is 23.1 Å². The maximum atomic E-state index is 12.7. The predicted molar refractivity (Wildman–Crippen MR) is 117 cm³/mol. The number of aryl methyl sites for hydroxylation is 1. The molecule has 2 aromatic carbocycles. The van der Waals surface area contributed by atoms with Crippen LogP contribution in [0.25, 0.3) is 0 Å². The van der Waals surface area contributed by atoms with E-state index in [2.05, 4.69) is 20.6 Å². The molecule has 2 aromatic heterocycles. The van der Waals surface area contributed by atoms with Crippen molar-refractivity contribution in [3.8, 4) is 0 Å². The maximum absolute atomic E-state index is 12.7. The Morgan fingerprint density at radius 2 is 2.00 bits per heavy atom. The first-order chi connectivity index (χ1) is 15.5. The fraction of sp³-hybridized carbons (Fsp3) is 0.143. The molecule has 0 atom stereocenters. The molecule has 1 N–H and O–H groups in total. The van der Waals surface area contributed by atoms with Gasteiger partial charge in [0.1, 0.15) is 6.33 Å². The summed E-state index contributed by atoms with van der Waals surface area (Å²) >= 11 is 1.12. The molecule has 0 aliphatic heterocycles. The topological polar surface area (TPSA) is 121 Å². The molecule has 4 rings (SSSR count). The van der Waals surface area contributed by atoms with Gasteiger partial charge in [0, 0.05) is 37.6 Å². The Bertz CT molecular complexity index is 1250. The van der Waals surface area contributed by atoms with Crippen molar-refractivity contribution in [2.24, 2.45) is 7.05 Å². The lowest BCUT2D eigenvalue weighted by Gasteiger charge is -2.11. The minimum absolute atomic E-state index is 0.162. The quantitative estimate of drug-likeness (QED) is 0.324. The van der Waals surface area contributed by atoms with E-state index in [0.717, 1.165) is 22.9 Å². The molecule has 0 radical (unpaired) electrons. The van der Waals surface area contributed by atoms with E-state index in [9.17, 15) is 14.9 Å². The average molecular weight is 449 g/mol. The number of carbonyl (C=O) groups excluding carboxylic acids is 1. The monoisotopic (exact) mass is 449 g/mol. The van der Waals surface area contributed by atoms with Crippen LogP contribution in [0.5, 0.6) is 0 Å². The second kappa shape index (κ2) is 9.43. The summed E-state index contributed by atoms with van der Waals surface area (Å²) in [6.07, 6.45) is 5.10. The Kier molecular flexibility index (Phi) is 6.26. The summed E-state index contributed by atoms with van der Waals surface area (Å²) in [5.74, 6) is -0.391. The van der Waals surface area contributed by atoms with Crippen LogP contribution in [0.1, 0.15) is 21.5 Å². The van der Waals surface area contributed by atoms with E-state index in [-0.39, 0.29) is 11.3 Å². The van der Waals surface area contributed by atoms with Crippen molar-refractivity contribution >= 4 is 23.4 Å². The van der Waals surface area contributed by atoms with Gasteiger partial charge in [-0.2, -0.15) is 5.10 Å². The summed E-state index contributed by atoms with van der Waals surface area (Å²) in [6, 6.07) is 14.0. The molecular formula is C21H19N7O3S. The molecule has 0 aliphatic rings. The van der Waals surface area contributed by atoms with Gasteiger partial charge in [-0.05, 0) is 41.1 Å². The fourth-order valence-electron chi connectivity index (χ4n) is 3.08. The molecule has 0 saturated heterocycles. The molecule has 1 amide bonds. The standard InChI is InChI=1S/C21H19N7O3S/c1-26-14-23-25-21(26)32-19-8-7-15(11-18(19)28(30)31)20(29)22-12-16-5-2-3-6-17(16)13-27-10-4-9-24-27/h2-11,14H,12-13H2,1H3,(H,22,29). The maximum Gasteiger partial charge on any atom is 0.284 e. The van der Waals surface area contributed by atoms with E-state index in [1.165, 1.54) is 12.4 Å². The highest BCUT2D eigenvalue weighted by molar-refractivity contribution is 7.99. The smallest absolute Gasteiger partial charge is 0.284 e. The molecule has 0 saturated carbocycles. The number of nitro groups is 1. The van der Waals surface area contributed by atoms with Gasteiger partial charge in [-0.15, -0.1) is 10.2 Å². The van der Waals surface area contributed by atoms with Gasteiger partial charge >= 0.3 is 0 Å². The molecular weight excluding hydrogens is 430 g/mol. The first kappa shape index (κ1) is 21.2. The van der Waals surface area contributed by atoms with Crippen molar-refractivity contribution in [3.63, 3.8) is 0 Å². The Labute approximate surface area is 187 Å². The van der Waals surface area contributed by atoms with Crippen LogP contribution in [0, 0.1) is 10.1 Å². The van der Waals surface area contributed by atoms with E-state index in [1.54, 1.807) is 34.6 Å². The predicted octanol–water partition coefficient (Wildman–Crippen LogP) is 3.05. The number of hydrogen-bond donors (Lipinski definition) is 1. The number of aromatic nitrogens is 5. The zero-order chi connectivity index (χ0) is 22.5. The van der Waals surface area contributed by atoms with Crippen LogP contribution in [0.3, 0.4) is 0 Å². The molecule has 32 heavy (non-hydrogen) atoms. The van der Waals surface area contributed by atoms with Crippen molar-refractivity contribution in [1.82, 2.24) is 29.9 Å². The number of amides is 1. The second-order valence-corrected chi connectivity index (χ2v) is 7.93. The molecule has 10 nitrogen and oxygen atoms in total. The third-order valence-corrected chi connectivity index (χ3v) is 5.86. The van der Waals surface area contributed by atoms with Gasteiger partial charge in [-0.3, -0.25) is 19.6 Å². The Hall–Kier alpha value is -3.99. The van der Waals surface area contributed by atoms with E-state index in [4.69, 9.17) is 0 Å². The van der Waals surface area contributed by atoms with E-state index < -0.39 is 10.8 Å². The minimum atomic E-state index is -0.505. The second-order valence-electron chi connectivity index (χ2n) is 6.92. The van der Waals surface area contributed by atoms with Crippen LogP contribution >= 0.6 is 11.8 Å². The van der Waals surface area contributed by atoms with Gasteiger partial charge in [0.2, 0.25) is 0 Å². The number of carbonyl (C=O) groups is 1. The molecule has 162 valence electrons. The third-order valence-electron chi connectivity index (χ3n) is 4.74. The number of rotatable bonds is 8. The number of benzene rings is 2. The fourth-order valence-corrected chi connectivity index (χ4v) is 3.93. The van der Waals surface area contributed by atoms with E-state index in [1.807, 2.05) is 36.5 Å². The van der Waals surface area contributed by atoms with Gasteiger partial charge < -0.3 is 9.88 Å². The molecule has 0 aliphatic carbocycles. The SMILES string of the molecule is Cn1cnnc1Sc1ccc(C(=O)NCc2ccccc2Cn2cccn2)cc1[N+](=O)[O-]. The molecule has 0 unspecified atom stereocenters. The van der Waals surface area contributed by atoms with Crippen LogP contribution in [-0.4, -0.2) is 35.4 Å². The van der Waals surface area contributed by atoms with Crippen LogP contribution in [0.4, 0.5) is 5.69 Å².